The Morgan fingerprint density at radius 2 is 1.80 bits per heavy atom. The van der Waals surface area contributed by atoms with E-state index in [4.69, 9.17) is 0 Å². The first-order chi connectivity index (χ1) is 11.8. The van der Waals surface area contributed by atoms with Gasteiger partial charge in [-0.25, -0.2) is 0 Å². The fraction of sp³-hybridized carbons (Fsp3) is 0.222. The Morgan fingerprint density at radius 1 is 1.20 bits per heavy atom. The smallest absolute Gasteiger partial charge is 0.276 e. The second-order valence-electron chi connectivity index (χ2n) is 6.23. The summed E-state index contributed by atoms with van der Waals surface area (Å²) in [4.78, 5) is 22.9. The number of nitrogens with zero attached hydrogens (tertiary/aromatic N) is 3. The molecule has 7 heteroatoms. The van der Waals surface area contributed by atoms with E-state index in [1.807, 2.05) is 19.1 Å². The van der Waals surface area contributed by atoms with Crippen LogP contribution in [0.15, 0.2) is 53.6 Å². The SMILES string of the molecule is Cc1ccc(C(=O)N2N=C(c3ccc([N+](=O)[O-])cc3)C[C@]2(C)O)cc1. The molecule has 0 saturated heterocycles. The molecule has 0 saturated carbocycles. The van der Waals surface area contributed by atoms with Crippen LogP contribution in [0.4, 0.5) is 5.69 Å². The van der Waals surface area contributed by atoms with Crippen molar-refractivity contribution in [2.45, 2.75) is 26.0 Å². The van der Waals surface area contributed by atoms with Crippen LogP contribution in [0.25, 0.3) is 0 Å². The number of carbonyl (C=O) groups excluding carboxylic acids is 1. The summed E-state index contributed by atoms with van der Waals surface area (Å²) < 4.78 is 0. The Labute approximate surface area is 144 Å². The number of carbonyl (C=O) groups is 1. The van der Waals surface area contributed by atoms with Crippen molar-refractivity contribution in [3.8, 4) is 0 Å². The minimum Gasteiger partial charge on any atom is -0.369 e. The van der Waals surface area contributed by atoms with Crippen molar-refractivity contribution in [2.24, 2.45) is 5.10 Å². The first-order valence-corrected chi connectivity index (χ1v) is 7.74. The zero-order valence-electron chi connectivity index (χ0n) is 13.8. The lowest BCUT2D eigenvalue weighted by Gasteiger charge is -2.26. The Hall–Kier alpha value is -3.06. The van der Waals surface area contributed by atoms with Crippen molar-refractivity contribution in [3.63, 3.8) is 0 Å². The first kappa shape index (κ1) is 16.8. The van der Waals surface area contributed by atoms with E-state index in [2.05, 4.69) is 5.10 Å². The minimum atomic E-state index is -1.46. The molecule has 128 valence electrons. The number of benzene rings is 2. The van der Waals surface area contributed by atoms with E-state index >= 15 is 0 Å². The number of hydrogen-bond donors (Lipinski definition) is 1. The van der Waals surface area contributed by atoms with Crippen LogP contribution >= 0.6 is 0 Å². The molecule has 0 aliphatic carbocycles. The zero-order valence-corrected chi connectivity index (χ0v) is 13.8. The second kappa shape index (κ2) is 6.10. The maximum atomic E-state index is 12.7. The second-order valence-corrected chi connectivity index (χ2v) is 6.23. The van der Waals surface area contributed by atoms with Crippen LogP contribution < -0.4 is 0 Å². The number of nitro groups is 1. The molecule has 0 radical (unpaired) electrons. The van der Waals surface area contributed by atoms with E-state index in [-0.39, 0.29) is 12.1 Å². The molecule has 0 bridgehead atoms. The summed E-state index contributed by atoms with van der Waals surface area (Å²) in [6.45, 7) is 3.44. The molecule has 1 atom stereocenters. The highest BCUT2D eigenvalue weighted by atomic mass is 16.6. The molecule has 0 aromatic heterocycles. The van der Waals surface area contributed by atoms with Crippen LogP contribution in [0.5, 0.6) is 0 Å². The predicted molar refractivity (Wildman–Crippen MR) is 92.2 cm³/mol. The average Bonchev–Trinajstić information content (AvgIpc) is 2.90. The minimum absolute atomic E-state index is 0.0262. The Bertz CT molecular complexity index is 855. The molecule has 1 aliphatic heterocycles. The summed E-state index contributed by atoms with van der Waals surface area (Å²) >= 11 is 0. The number of hydrazone groups is 1. The monoisotopic (exact) mass is 339 g/mol. The van der Waals surface area contributed by atoms with Gasteiger partial charge in [-0.15, -0.1) is 0 Å². The van der Waals surface area contributed by atoms with Crippen LogP contribution in [-0.4, -0.2) is 32.4 Å². The van der Waals surface area contributed by atoms with Crippen molar-refractivity contribution >= 4 is 17.3 Å². The van der Waals surface area contributed by atoms with E-state index < -0.39 is 16.6 Å². The Kier molecular flexibility index (Phi) is 4.10. The molecule has 0 spiro atoms. The predicted octanol–water partition coefficient (Wildman–Crippen LogP) is 2.86. The van der Waals surface area contributed by atoms with E-state index in [9.17, 15) is 20.0 Å². The lowest BCUT2D eigenvalue weighted by atomic mass is 10.0. The van der Waals surface area contributed by atoms with Crippen molar-refractivity contribution in [1.82, 2.24) is 5.01 Å². The normalized spacial score (nSPS) is 19.6. The maximum Gasteiger partial charge on any atom is 0.276 e. The van der Waals surface area contributed by atoms with Gasteiger partial charge in [0.15, 0.2) is 5.72 Å². The maximum absolute atomic E-state index is 12.7. The Morgan fingerprint density at radius 3 is 2.36 bits per heavy atom. The lowest BCUT2D eigenvalue weighted by molar-refractivity contribution is -0.384. The van der Waals surface area contributed by atoms with E-state index in [1.54, 1.807) is 24.3 Å². The van der Waals surface area contributed by atoms with Gasteiger partial charge in [0.2, 0.25) is 0 Å². The highest BCUT2D eigenvalue weighted by Gasteiger charge is 2.41. The van der Waals surface area contributed by atoms with Gasteiger partial charge in [-0.05, 0) is 43.7 Å². The van der Waals surface area contributed by atoms with Crippen LogP contribution in [0.3, 0.4) is 0 Å². The first-order valence-electron chi connectivity index (χ1n) is 7.74. The number of rotatable bonds is 3. The van der Waals surface area contributed by atoms with Gasteiger partial charge in [-0.3, -0.25) is 14.9 Å². The van der Waals surface area contributed by atoms with Gasteiger partial charge in [-0.2, -0.15) is 10.1 Å². The standard InChI is InChI=1S/C18H17N3O4/c1-12-3-5-14(6-4-12)17(22)20-18(2,23)11-16(19-20)13-7-9-15(10-8-13)21(24)25/h3-10,23H,11H2,1-2H3/t18-/m0/s1. The highest BCUT2D eigenvalue weighted by molar-refractivity contribution is 6.05. The molecule has 2 aromatic carbocycles. The molecule has 1 aliphatic rings. The van der Waals surface area contributed by atoms with E-state index in [0.717, 1.165) is 10.6 Å². The third kappa shape index (κ3) is 3.27. The van der Waals surface area contributed by atoms with Crippen molar-refractivity contribution < 1.29 is 14.8 Å². The van der Waals surface area contributed by atoms with Gasteiger partial charge in [0.05, 0.1) is 10.6 Å². The Balaban J connectivity index is 1.90. The molecule has 2 aromatic rings. The molecule has 1 heterocycles. The average molecular weight is 339 g/mol. The number of amides is 1. The van der Waals surface area contributed by atoms with Gasteiger partial charge >= 0.3 is 0 Å². The number of aryl methyl sites for hydroxylation is 1. The van der Waals surface area contributed by atoms with Gasteiger partial charge in [-0.1, -0.05) is 17.7 Å². The molecule has 1 N–H and O–H groups in total. The molecule has 3 rings (SSSR count). The summed E-state index contributed by atoms with van der Waals surface area (Å²) in [6, 6.07) is 12.9. The summed E-state index contributed by atoms with van der Waals surface area (Å²) in [6.07, 6.45) is 0.141. The molecule has 1 amide bonds. The largest absolute Gasteiger partial charge is 0.369 e. The lowest BCUT2D eigenvalue weighted by Crippen LogP contribution is -2.43. The summed E-state index contributed by atoms with van der Waals surface area (Å²) in [5, 5.41) is 26.7. The quantitative estimate of drug-likeness (QED) is 0.687. The van der Waals surface area contributed by atoms with Gasteiger partial charge in [0, 0.05) is 24.1 Å². The van der Waals surface area contributed by atoms with Gasteiger partial charge in [0.1, 0.15) is 0 Å². The fourth-order valence-corrected chi connectivity index (χ4v) is 2.67. The molecular weight excluding hydrogens is 322 g/mol. The summed E-state index contributed by atoms with van der Waals surface area (Å²) in [5.41, 5.74) is 1.10. The van der Waals surface area contributed by atoms with Crippen molar-refractivity contribution in [1.29, 1.82) is 0 Å². The molecule has 0 fully saturated rings. The van der Waals surface area contributed by atoms with Crippen molar-refractivity contribution in [2.75, 3.05) is 0 Å². The van der Waals surface area contributed by atoms with E-state index in [1.165, 1.54) is 19.1 Å². The summed E-state index contributed by atoms with van der Waals surface area (Å²) in [5.74, 6) is -0.401. The molecule has 0 unspecified atom stereocenters. The number of hydrogen-bond acceptors (Lipinski definition) is 5. The van der Waals surface area contributed by atoms with Crippen LogP contribution in [0.2, 0.25) is 0 Å². The third-order valence-corrected chi connectivity index (χ3v) is 4.08. The van der Waals surface area contributed by atoms with Crippen LogP contribution in [0, 0.1) is 17.0 Å². The number of aliphatic hydroxyl groups is 1. The molecular formula is C18H17N3O4. The number of nitro benzene ring substituents is 1. The van der Waals surface area contributed by atoms with Crippen LogP contribution in [-0.2, 0) is 0 Å². The highest BCUT2D eigenvalue weighted by Crippen LogP contribution is 2.29. The fourth-order valence-electron chi connectivity index (χ4n) is 2.67. The topological polar surface area (TPSA) is 96.0 Å². The molecule has 7 nitrogen and oxygen atoms in total. The number of non-ortho nitro benzene ring substituents is 1. The molecule has 25 heavy (non-hydrogen) atoms. The zero-order chi connectivity index (χ0) is 18.2. The van der Waals surface area contributed by atoms with Gasteiger partial charge in [0.25, 0.3) is 11.6 Å². The van der Waals surface area contributed by atoms with Gasteiger partial charge < -0.3 is 5.11 Å². The van der Waals surface area contributed by atoms with E-state index in [0.29, 0.717) is 16.8 Å². The van der Waals surface area contributed by atoms with Crippen LogP contribution in [0.1, 0.15) is 34.8 Å². The summed E-state index contributed by atoms with van der Waals surface area (Å²) in [7, 11) is 0. The van der Waals surface area contributed by atoms with Crippen molar-refractivity contribution in [3.05, 3.63) is 75.3 Å². The third-order valence-electron chi connectivity index (χ3n) is 4.08.